The second kappa shape index (κ2) is 7.43. The fourth-order valence-electron chi connectivity index (χ4n) is 3.11. The predicted octanol–water partition coefficient (Wildman–Crippen LogP) is 2.12. The van der Waals surface area contributed by atoms with Crippen molar-refractivity contribution in [1.29, 1.82) is 0 Å². The molecular formula is C19H19N5O3S. The van der Waals surface area contributed by atoms with Crippen LogP contribution in [0.2, 0.25) is 0 Å². The third kappa shape index (κ3) is 3.89. The van der Waals surface area contributed by atoms with Crippen molar-refractivity contribution in [3.05, 3.63) is 72.3 Å². The van der Waals surface area contributed by atoms with Gasteiger partial charge in [0.2, 0.25) is 10.0 Å². The summed E-state index contributed by atoms with van der Waals surface area (Å²) in [7, 11) is -3.21. The van der Waals surface area contributed by atoms with Crippen LogP contribution in [0.4, 0.5) is 11.4 Å². The molecule has 0 unspecified atom stereocenters. The second-order valence-corrected chi connectivity index (χ2v) is 8.55. The van der Waals surface area contributed by atoms with Crippen molar-refractivity contribution < 1.29 is 13.2 Å². The van der Waals surface area contributed by atoms with Crippen molar-refractivity contribution in [2.45, 2.75) is 13.0 Å². The highest BCUT2D eigenvalue weighted by atomic mass is 32.2. The van der Waals surface area contributed by atoms with Crippen molar-refractivity contribution >= 4 is 27.3 Å². The van der Waals surface area contributed by atoms with Gasteiger partial charge in [-0.25, -0.2) is 18.1 Å². The van der Waals surface area contributed by atoms with Crippen LogP contribution in [0.3, 0.4) is 0 Å². The zero-order valence-electron chi connectivity index (χ0n) is 15.0. The highest BCUT2D eigenvalue weighted by Crippen LogP contribution is 2.25. The van der Waals surface area contributed by atoms with Crippen molar-refractivity contribution in [2.24, 2.45) is 0 Å². The number of sulfonamides is 1. The van der Waals surface area contributed by atoms with E-state index in [0.717, 1.165) is 5.56 Å². The van der Waals surface area contributed by atoms with E-state index in [9.17, 15) is 13.2 Å². The minimum atomic E-state index is -3.21. The molecule has 8 nitrogen and oxygen atoms in total. The smallest absolute Gasteiger partial charge is 0.255 e. The van der Waals surface area contributed by atoms with E-state index in [1.807, 2.05) is 12.1 Å². The molecule has 0 saturated carbocycles. The summed E-state index contributed by atoms with van der Waals surface area (Å²) in [6.45, 7) is 1.08. The number of carbonyl (C=O) groups is 1. The lowest BCUT2D eigenvalue weighted by Crippen LogP contribution is -2.24. The summed E-state index contributed by atoms with van der Waals surface area (Å²) in [5, 5.41) is 6.88. The number of benzene rings is 2. The Labute approximate surface area is 162 Å². The molecule has 1 fully saturated rings. The van der Waals surface area contributed by atoms with Crippen LogP contribution in [-0.2, 0) is 16.6 Å². The van der Waals surface area contributed by atoms with E-state index in [-0.39, 0.29) is 11.7 Å². The average Bonchev–Trinajstić information content (AvgIpc) is 3.32. The Balaban J connectivity index is 1.40. The monoisotopic (exact) mass is 397 g/mol. The number of hydrogen-bond acceptors (Lipinski definition) is 5. The van der Waals surface area contributed by atoms with Gasteiger partial charge in [-0.05, 0) is 48.4 Å². The van der Waals surface area contributed by atoms with Crippen LogP contribution in [0.5, 0.6) is 0 Å². The molecule has 2 heterocycles. The molecule has 1 amide bonds. The third-order valence-electron chi connectivity index (χ3n) is 4.54. The zero-order chi connectivity index (χ0) is 19.6. The minimum absolute atomic E-state index is 0.179. The van der Waals surface area contributed by atoms with E-state index in [4.69, 9.17) is 0 Å². The van der Waals surface area contributed by atoms with Gasteiger partial charge in [-0.2, -0.15) is 5.10 Å². The fraction of sp³-hybridized carbons (Fsp3) is 0.211. The van der Waals surface area contributed by atoms with Gasteiger partial charge in [0.15, 0.2) is 0 Å². The molecular weight excluding hydrogens is 378 g/mol. The van der Waals surface area contributed by atoms with Gasteiger partial charge in [0, 0.05) is 17.8 Å². The highest BCUT2D eigenvalue weighted by molar-refractivity contribution is 7.93. The van der Waals surface area contributed by atoms with E-state index in [0.29, 0.717) is 36.4 Å². The Hall–Kier alpha value is -3.20. The summed E-state index contributed by atoms with van der Waals surface area (Å²) < 4.78 is 27.1. The van der Waals surface area contributed by atoms with E-state index >= 15 is 0 Å². The van der Waals surface area contributed by atoms with E-state index in [1.165, 1.54) is 10.6 Å². The fourth-order valence-corrected chi connectivity index (χ4v) is 4.67. The number of aromatic nitrogens is 3. The normalized spacial score (nSPS) is 15.5. The Bertz CT molecular complexity index is 1060. The summed E-state index contributed by atoms with van der Waals surface area (Å²) in [5.74, 6) is -0.0490. The maximum absolute atomic E-state index is 12.4. The van der Waals surface area contributed by atoms with Crippen molar-refractivity contribution in [1.82, 2.24) is 14.8 Å². The van der Waals surface area contributed by atoms with Crippen LogP contribution in [-0.4, -0.2) is 41.4 Å². The van der Waals surface area contributed by atoms with Gasteiger partial charge in [-0.1, -0.05) is 12.1 Å². The largest absolute Gasteiger partial charge is 0.322 e. The maximum Gasteiger partial charge on any atom is 0.255 e. The lowest BCUT2D eigenvalue weighted by molar-refractivity contribution is 0.102. The molecule has 3 aromatic rings. The maximum atomic E-state index is 12.4. The first-order valence-electron chi connectivity index (χ1n) is 8.84. The lowest BCUT2D eigenvalue weighted by Gasteiger charge is -2.17. The molecule has 144 valence electrons. The van der Waals surface area contributed by atoms with Crippen molar-refractivity contribution in [3.63, 3.8) is 0 Å². The Morgan fingerprint density at radius 3 is 2.43 bits per heavy atom. The number of rotatable bonds is 5. The molecule has 0 spiro atoms. The number of anilines is 2. The zero-order valence-corrected chi connectivity index (χ0v) is 15.8. The van der Waals surface area contributed by atoms with E-state index in [2.05, 4.69) is 15.4 Å². The molecule has 2 aromatic carbocycles. The van der Waals surface area contributed by atoms with Gasteiger partial charge in [-0.3, -0.25) is 9.10 Å². The molecule has 9 heteroatoms. The molecule has 1 saturated heterocycles. The molecule has 0 atom stereocenters. The first-order chi connectivity index (χ1) is 13.5. The number of nitrogens with one attached hydrogen (secondary N) is 1. The van der Waals surface area contributed by atoms with Crippen LogP contribution in [0.1, 0.15) is 22.3 Å². The predicted molar refractivity (Wildman–Crippen MR) is 106 cm³/mol. The van der Waals surface area contributed by atoms with Crippen molar-refractivity contribution in [3.8, 4) is 0 Å². The second-order valence-electron chi connectivity index (χ2n) is 6.53. The third-order valence-corrected chi connectivity index (χ3v) is 6.41. The van der Waals surface area contributed by atoms with Crippen LogP contribution in [0.25, 0.3) is 0 Å². The van der Waals surface area contributed by atoms with Gasteiger partial charge < -0.3 is 5.32 Å². The van der Waals surface area contributed by atoms with E-state index < -0.39 is 10.0 Å². The molecule has 1 N–H and O–H groups in total. The standard InChI is InChI=1S/C19H19N5O3S/c25-19(16-4-2-15(3-5-16)12-23-14-20-13-21-23)22-17-6-8-18(9-7-17)24-10-1-11-28(24,26)27/h2-9,13-14H,1,10-12H2,(H,22,25). The Kier molecular flexibility index (Phi) is 4.82. The number of carbonyl (C=O) groups excluding carboxylic acids is 1. The van der Waals surface area contributed by atoms with Gasteiger partial charge in [0.25, 0.3) is 5.91 Å². The van der Waals surface area contributed by atoms with Crippen LogP contribution < -0.4 is 9.62 Å². The average molecular weight is 397 g/mol. The molecule has 4 rings (SSSR count). The number of hydrogen-bond donors (Lipinski definition) is 1. The molecule has 1 aromatic heterocycles. The summed E-state index contributed by atoms with van der Waals surface area (Å²) in [6, 6.07) is 14.1. The SMILES string of the molecule is O=C(Nc1ccc(N2CCCS2(=O)=O)cc1)c1ccc(Cn2cncn2)cc1. The van der Waals surface area contributed by atoms with Gasteiger partial charge in [-0.15, -0.1) is 0 Å². The molecule has 0 radical (unpaired) electrons. The highest BCUT2D eigenvalue weighted by Gasteiger charge is 2.28. The summed E-state index contributed by atoms with van der Waals surface area (Å²) in [5.41, 5.74) is 2.77. The summed E-state index contributed by atoms with van der Waals surface area (Å²) >= 11 is 0. The quantitative estimate of drug-likeness (QED) is 0.711. The van der Waals surface area contributed by atoms with Crippen molar-refractivity contribution in [2.75, 3.05) is 21.9 Å². The molecule has 0 bridgehead atoms. The topological polar surface area (TPSA) is 97.2 Å². The molecule has 1 aliphatic rings. The number of nitrogens with zero attached hydrogens (tertiary/aromatic N) is 4. The Morgan fingerprint density at radius 1 is 1.07 bits per heavy atom. The van der Waals surface area contributed by atoms with Gasteiger partial charge in [0.1, 0.15) is 12.7 Å². The Morgan fingerprint density at radius 2 is 1.82 bits per heavy atom. The van der Waals surface area contributed by atoms with Crippen LogP contribution >= 0.6 is 0 Å². The first kappa shape index (κ1) is 18.2. The molecule has 0 aliphatic carbocycles. The summed E-state index contributed by atoms with van der Waals surface area (Å²) in [4.78, 5) is 16.3. The number of amides is 1. The van der Waals surface area contributed by atoms with Crippen LogP contribution in [0, 0.1) is 0 Å². The summed E-state index contributed by atoms with van der Waals surface area (Å²) in [6.07, 6.45) is 3.75. The lowest BCUT2D eigenvalue weighted by atomic mass is 10.1. The van der Waals surface area contributed by atoms with Crippen LogP contribution in [0.15, 0.2) is 61.2 Å². The minimum Gasteiger partial charge on any atom is -0.322 e. The van der Waals surface area contributed by atoms with Gasteiger partial charge >= 0.3 is 0 Å². The first-order valence-corrected chi connectivity index (χ1v) is 10.5. The molecule has 28 heavy (non-hydrogen) atoms. The van der Waals surface area contributed by atoms with E-state index in [1.54, 1.807) is 47.4 Å². The molecule has 1 aliphatic heterocycles. The van der Waals surface area contributed by atoms with Gasteiger partial charge in [0.05, 0.1) is 18.0 Å².